The van der Waals surface area contributed by atoms with Crippen molar-refractivity contribution >= 4 is 33.9 Å². The van der Waals surface area contributed by atoms with Crippen LogP contribution >= 0.6 is 12.2 Å². The molecule has 0 aliphatic rings. The number of aromatic nitrogens is 1. The topological polar surface area (TPSA) is 35.5 Å². The predicted octanol–water partition coefficient (Wildman–Crippen LogP) is 4.30. The van der Waals surface area contributed by atoms with E-state index >= 15 is 0 Å². The molecule has 0 saturated heterocycles. The van der Waals surface area contributed by atoms with E-state index in [9.17, 15) is 0 Å². The molecular formula is C25H35N4S+. The van der Waals surface area contributed by atoms with Gasteiger partial charge in [0.05, 0.1) is 19.6 Å². The average molecular weight is 424 g/mol. The summed E-state index contributed by atoms with van der Waals surface area (Å²) in [6, 6.07) is 14.9. The summed E-state index contributed by atoms with van der Waals surface area (Å²) in [6.45, 7) is 14.0. The Hall–Kier alpha value is -2.37. The minimum Gasteiger partial charge on any atom is -0.361 e. The number of nitrogens with one attached hydrogen (secondary N) is 3. The molecule has 0 spiro atoms. The van der Waals surface area contributed by atoms with Crippen molar-refractivity contribution in [2.45, 2.75) is 40.7 Å². The molecule has 2 aromatic carbocycles. The molecule has 160 valence electrons. The van der Waals surface area contributed by atoms with Crippen LogP contribution in [0.1, 0.15) is 37.0 Å². The Morgan fingerprint density at radius 3 is 2.57 bits per heavy atom. The second-order valence-electron chi connectivity index (χ2n) is 8.07. The number of aromatic amines is 1. The van der Waals surface area contributed by atoms with Crippen LogP contribution in [0.5, 0.6) is 0 Å². The number of hydrogen-bond acceptors (Lipinski definition) is 1. The van der Waals surface area contributed by atoms with Crippen molar-refractivity contribution in [1.29, 1.82) is 0 Å². The normalized spacial score (nSPS) is 11.2. The van der Waals surface area contributed by atoms with E-state index in [0.717, 1.165) is 30.3 Å². The summed E-state index contributed by atoms with van der Waals surface area (Å²) in [6.07, 6.45) is 3.24. The molecule has 3 rings (SSSR count). The Balaban J connectivity index is 1.75. The number of thiocarbonyl (C=S) groups is 1. The Kier molecular flexibility index (Phi) is 7.88. The molecule has 0 aliphatic carbocycles. The Bertz CT molecular complexity index is 974. The summed E-state index contributed by atoms with van der Waals surface area (Å²) in [5.74, 6) is 0. The number of aryl methyl sites for hydroxylation is 2. The fraction of sp³-hybridized carbons (Fsp3) is 0.400. The summed E-state index contributed by atoms with van der Waals surface area (Å²) < 4.78 is 0. The van der Waals surface area contributed by atoms with Crippen LogP contribution < -0.4 is 10.2 Å². The van der Waals surface area contributed by atoms with Crippen molar-refractivity contribution in [3.8, 4) is 0 Å². The lowest BCUT2D eigenvalue weighted by Crippen LogP contribution is -3.11. The molecule has 0 unspecified atom stereocenters. The molecule has 30 heavy (non-hydrogen) atoms. The van der Waals surface area contributed by atoms with Gasteiger partial charge in [0, 0.05) is 42.3 Å². The van der Waals surface area contributed by atoms with E-state index in [4.69, 9.17) is 12.2 Å². The number of rotatable bonds is 9. The monoisotopic (exact) mass is 423 g/mol. The van der Waals surface area contributed by atoms with Gasteiger partial charge >= 0.3 is 0 Å². The Morgan fingerprint density at radius 1 is 1.07 bits per heavy atom. The second kappa shape index (κ2) is 10.6. The largest absolute Gasteiger partial charge is 0.361 e. The van der Waals surface area contributed by atoms with E-state index in [2.05, 4.69) is 91.6 Å². The molecule has 3 N–H and O–H groups in total. The van der Waals surface area contributed by atoms with Crippen molar-refractivity contribution in [2.24, 2.45) is 0 Å². The smallest absolute Gasteiger partial charge is 0.173 e. The number of anilines is 1. The van der Waals surface area contributed by atoms with Gasteiger partial charge in [0.25, 0.3) is 0 Å². The number of H-pyrrole nitrogens is 1. The zero-order chi connectivity index (χ0) is 21.5. The average Bonchev–Trinajstić information content (AvgIpc) is 3.16. The Labute approximate surface area is 186 Å². The zero-order valence-electron chi connectivity index (χ0n) is 18.7. The van der Waals surface area contributed by atoms with Crippen molar-refractivity contribution in [2.75, 3.05) is 31.5 Å². The Morgan fingerprint density at radius 2 is 1.83 bits per heavy atom. The maximum Gasteiger partial charge on any atom is 0.173 e. The summed E-state index contributed by atoms with van der Waals surface area (Å²) in [5, 5.41) is 5.54. The van der Waals surface area contributed by atoms with Gasteiger partial charge < -0.3 is 20.1 Å². The minimum absolute atomic E-state index is 0.790. The number of benzene rings is 2. The highest BCUT2D eigenvalue weighted by Gasteiger charge is 2.15. The first-order valence-corrected chi connectivity index (χ1v) is 11.4. The highest BCUT2D eigenvalue weighted by molar-refractivity contribution is 7.80. The molecule has 4 nitrogen and oxygen atoms in total. The van der Waals surface area contributed by atoms with Crippen LogP contribution in [-0.4, -0.2) is 41.2 Å². The van der Waals surface area contributed by atoms with Crippen LogP contribution in [0.4, 0.5) is 5.69 Å². The van der Waals surface area contributed by atoms with E-state index in [1.807, 2.05) is 0 Å². The summed E-state index contributed by atoms with van der Waals surface area (Å²) >= 11 is 5.86. The SMILES string of the molecule is CC[NH+](CC)CCCN(Cc1c[nH]c2ccccc12)C(=S)Nc1ccc(C)c(C)c1. The molecule has 3 aromatic rings. The maximum atomic E-state index is 5.86. The van der Waals surface area contributed by atoms with Crippen LogP contribution in [0, 0.1) is 13.8 Å². The molecule has 0 fully saturated rings. The minimum atomic E-state index is 0.790. The maximum absolute atomic E-state index is 5.86. The van der Waals surface area contributed by atoms with Gasteiger partial charge in [-0.2, -0.15) is 0 Å². The number of quaternary nitrogens is 1. The van der Waals surface area contributed by atoms with Gasteiger partial charge in [-0.3, -0.25) is 0 Å². The molecule has 1 heterocycles. The first-order valence-electron chi connectivity index (χ1n) is 11.0. The first-order chi connectivity index (χ1) is 14.5. The second-order valence-corrected chi connectivity index (χ2v) is 8.46. The predicted molar refractivity (Wildman–Crippen MR) is 132 cm³/mol. The number of para-hydroxylation sites is 1. The van der Waals surface area contributed by atoms with Gasteiger partial charge in [0.1, 0.15) is 0 Å². The molecule has 0 aliphatic heterocycles. The molecule has 0 atom stereocenters. The van der Waals surface area contributed by atoms with Crippen LogP contribution in [0.25, 0.3) is 10.9 Å². The van der Waals surface area contributed by atoms with Crippen LogP contribution in [0.2, 0.25) is 0 Å². The van der Waals surface area contributed by atoms with Gasteiger partial charge in [0.2, 0.25) is 0 Å². The van der Waals surface area contributed by atoms with Crippen molar-refractivity contribution in [3.05, 3.63) is 65.4 Å². The fourth-order valence-corrected chi connectivity index (χ4v) is 4.14. The lowest BCUT2D eigenvalue weighted by molar-refractivity contribution is -0.896. The van der Waals surface area contributed by atoms with Crippen molar-refractivity contribution in [1.82, 2.24) is 9.88 Å². The summed E-state index contributed by atoms with van der Waals surface area (Å²) in [7, 11) is 0. The first kappa shape index (κ1) is 22.3. The molecule has 5 heteroatoms. The lowest BCUT2D eigenvalue weighted by Gasteiger charge is -2.27. The van der Waals surface area contributed by atoms with E-state index in [0.29, 0.717) is 0 Å². The van der Waals surface area contributed by atoms with Crippen LogP contribution in [0.3, 0.4) is 0 Å². The van der Waals surface area contributed by atoms with E-state index in [-0.39, 0.29) is 0 Å². The number of fused-ring (bicyclic) bond motifs is 1. The van der Waals surface area contributed by atoms with E-state index in [1.54, 1.807) is 4.90 Å². The highest BCUT2D eigenvalue weighted by atomic mass is 32.1. The van der Waals surface area contributed by atoms with Gasteiger partial charge in [-0.1, -0.05) is 24.3 Å². The van der Waals surface area contributed by atoms with E-state index < -0.39 is 0 Å². The van der Waals surface area contributed by atoms with E-state index in [1.165, 1.54) is 47.2 Å². The number of hydrogen-bond donors (Lipinski definition) is 3. The van der Waals surface area contributed by atoms with Gasteiger partial charge in [0.15, 0.2) is 5.11 Å². The van der Waals surface area contributed by atoms with Crippen LogP contribution in [0.15, 0.2) is 48.7 Å². The molecule has 0 bridgehead atoms. The zero-order valence-corrected chi connectivity index (χ0v) is 19.5. The van der Waals surface area contributed by atoms with Gasteiger partial charge in [-0.25, -0.2) is 0 Å². The third-order valence-electron chi connectivity index (χ3n) is 6.04. The highest BCUT2D eigenvalue weighted by Crippen LogP contribution is 2.20. The summed E-state index contributed by atoms with van der Waals surface area (Å²) in [4.78, 5) is 7.34. The standard InChI is InChI=1S/C25H34N4S/c1-5-28(6-2)14-9-15-29(18-21-17-26-24-11-8-7-10-23(21)24)25(30)27-22-13-12-19(3)20(4)16-22/h7-8,10-13,16-17,26H,5-6,9,14-15,18H2,1-4H3,(H,27,30)/p+1. The molecule has 0 amide bonds. The van der Waals surface area contributed by atoms with Gasteiger partial charge in [-0.05, 0) is 74.8 Å². The van der Waals surface area contributed by atoms with Gasteiger partial charge in [-0.15, -0.1) is 0 Å². The third kappa shape index (κ3) is 5.61. The molecule has 0 radical (unpaired) electrons. The quantitative estimate of drug-likeness (QED) is 0.449. The molecule has 0 saturated carbocycles. The fourth-order valence-electron chi connectivity index (χ4n) is 3.87. The third-order valence-corrected chi connectivity index (χ3v) is 6.40. The lowest BCUT2D eigenvalue weighted by atomic mass is 10.1. The molecular weight excluding hydrogens is 388 g/mol. The van der Waals surface area contributed by atoms with Crippen LogP contribution in [-0.2, 0) is 6.54 Å². The van der Waals surface area contributed by atoms with Crippen molar-refractivity contribution < 1.29 is 4.90 Å². The van der Waals surface area contributed by atoms with Crippen molar-refractivity contribution in [3.63, 3.8) is 0 Å². The molecule has 1 aromatic heterocycles. The summed E-state index contributed by atoms with van der Waals surface area (Å²) in [5.41, 5.74) is 6.08. The number of nitrogens with zero attached hydrogens (tertiary/aromatic N) is 1.